The molecule has 6 rings (SSSR count). The summed E-state index contributed by atoms with van der Waals surface area (Å²) >= 11 is 0. The highest BCUT2D eigenvalue weighted by atomic mass is 19.2. The van der Waals surface area contributed by atoms with Crippen LogP contribution in [0.25, 0.3) is 28.0 Å². The Balaban J connectivity index is 1.48. The predicted molar refractivity (Wildman–Crippen MR) is 123 cm³/mol. The Hall–Kier alpha value is -3.90. The van der Waals surface area contributed by atoms with E-state index in [4.69, 9.17) is 14.2 Å². The second-order valence-electron chi connectivity index (χ2n) is 8.68. The van der Waals surface area contributed by atoms with Gasteiger partial charge in [-0.3, -0.25) is 9.48 Å². The minimum atomic E-state index is -1.15. The molecular formula is C24H22F2N6O4. The summed E-state index contributed by atoms with van der Waals surface area (Å²) < 4.78 is 49.4. The van der Waals surface area contributed by atoms with Crippen molar-refractivity contribution in [2.24, 2.45) is 0 Å². The molecule has 0 aliphatic carbocycles. The zero-order valence-corrected chi connectivity index (χ0v) is 19.3. The molecule has 186 valence electrons. The van der Waals surface area contributed by atoms with Gasteiger partial charge in [-0.15, -0.1) is 5.10 Å². The molecule has 5 heterocycles. The zero-order chi connectivity index (χ0) is 24.8. The van der Waals surface area contributed by atoms with Gasteiger partial charge in [0, 0.05) is 36.4 Å². The van der Waals surface area contributed by atoms with E-state index < -0.39 is 17.5 Å². The number of hydrogen-bond acceptors (Lipinski definition) is 7. The average molecular weight is 496 g/mol. The summed E-state index contributed by atoms with van der Waals surface area (Å²) in [6.07, 6.45) is 5.49. The van der Waals surface area contributed by atoms with Gasteiger partial charge >= 0.3 is 0 Å². The fraction of sp³-hybridized carbons (Fsp3) is 0.333. The number of benzene rings is 1. The summed E-state index contributed by atoms with van der Waals surface area (Å²) in [5.41, 5.74) is 1.82. The number of nitrogens with one attached hydrogen (secondary N) is 1. The molecule has 2 aliphatic heterocycles. The molecule has 0 spiro atoms. The molecule has 2 aliphatic rings. The number of halogens is 2. The SMILES string of the molecule is CNC(=O)c1cc(F)c(F)c(-c2cnc3cc(-c4cnn(C5COC5)c4)c(OC4CCOC4)nn23)c1. The predicted octanol–water partition coefficient (Wildman–Crippen LogP) is 2.64. The van der Waals surface area contributed by atoms with Crippen LogP contribution in [0.15, 0.2) is 36.8 Å². The topological polar surface area (TPSA) is 105 Å². The maximum absolute atomic E-state index is 14.9. The van der Waals surface area contributed by atoms with Crippen LogP contribution in [0.2, 0.25) is 0 Å². The van der Waals surface area contributed by atoms with Gasteiger partial charge in [0.1, 0.15) is 6.10 Å². The van der Waals surface area contributed by atoms with E-state index in [2.05, 4.69) is 20.5 Å². The molecular weight excluding hydrogens is 474 g/mol. The molecule has 0 saturated carbocycles. The third kappa shape index (κ3) is 3.88. The van der Waals surface area contributed by atoms with Crippen LogP contribution in [0, 0.1) is 11.6 Å². The van der Waals surface area contributed by atoms with Crippen LogP contribution in [0.4, 0.5) is 8.78 Å². The summed E-state index contributed by atoms with van der Waals surface area (Å²) in [6.45, 7) is 2.20. The largest absolute Gasteiger partial charge is 0.470 e. The quantitative estimate of drug-likeness (QED) is 0.438. The van der Waals surface area contributed by atoms with Gasteiger partial charge in [-0.25, -0.2) is 18.3 Å². The highest BCUT2D eigenvalue weighted by Crippen LogP contribution is 2.34. The maximum Gasteiger partial charge on any atom is 0.251 e. The molecule has 10 nitrogen and oxygen atoms in total. The Labute approximate surface area is 203 Å². The van der Waals surface area contributed by atoms with E-state index >= 15 is 0 Å². The van der Waals surface area contributed by atoms with Gasteiger partial charge < -0.3 is 19.5 Å². The molecule has 0 bridgehead atoms. The van der Waals surface area contributed by atoms with Crippen LogP contribution >= 0.6 is 0 Å². The molecule has 36 heavy (non-hydrogen) atoms. The van der Waals surface area contributed by atoms with E-state index in [0.717, 1.165) is 11.6 Å². The fourth-order valence-corrected chi connectivity index (χ4v) is 4.24. The third-order valence-electron chi connectivity index (χ3n) is 6.33. The van der Waals surface area contributed by atoms with Crippen LogP contribution in [-0.4, -0.2) is 69.9 Å². The van der Waals surface area contributed by atoms with E-state index in [1.54, 1.807) is 12.3 Å². The number of hydrogen-bond donors (Lipinski definition) is 1. The first-order valence-corrected chi connectivity index (χ1v) is 11.5. The summed E-state index contributed by atoms with van der Waals surface area (Å²) in [6, 6.07) is 4.06. The van der Waals surface area contributed by atoms with Crippen molar-refractivity contribution in [2.75, 3.05) is 33.5 Å². The van der Waals surface area contributed by atoms with Gasteiger partial charge in [-0.05, 0) is 18.2 Å². The molecule has 1 aromatic carbocycles. The first-order chi connectivity index (χ1) is 17.5. The van der Waals surface area contributed by atoms with Gasteiger partial charge in [0.15, 0.2) is 17.3 Å². The van der Waals surface area contributed by atoms with Crippen molar-refractivity contribution in [3.8, 4) is 28.3 Å². The lowest BCUT2D eigenvalue weighted by Gasteiger charge is -2.25. The first-order valence-electron chi connectivity index (χ1n) is 11.5. The van der Waals surface area contributed by atoms with Gasteiger partial charge in [-0.1, -0.05) is 0 Å². The van der Waals surface area contributed by atoms with Crippen molar-refractivity contribution in [3.63, 3.8) is 0 Å². The normalized spacial score (nSPS) is 17.9. The Bertz CT molecular complexity index is 1460. The van der Waals surface area contributed by atoms with Crippen LogP contribution < -0.4 is 10.1 Å². The molecule has 4 aromatic rings. The average Bonchev–Trinajstić information content (AvgIpc) is 3.60. The number of aromatic nitrogens is 5. The minimum absolute atomic E-state index is 0.0232. The van der Waals surface area contributed by atoms with E-state index in [9.17, 15) is 13.6 Å². The number of carbonyl (C=O) groups excluding carboxylic acids is 1. The number of ether oxygens (including phenoxy) is 3. The first kappa shape index (κ1) is 22.6. The van der Waals surface area contributed by atoms with Gasteiger partial charge in [0.05, 0.1) is 56.1 Å². The lowest BCUT2D eigenvalue weighted by Crippen LogP contribution is -2.30. The Morgan fingerprint density at radius 3 is 2.72 bits per heavy atom. The highest BCUT2D eigenvalue weighted by molar-refractivity contribution is 5.95. The fourth-order valence-electron chi connectivity index (χ4n) is 4.24. The number of carbonyl (C=O) groups is 1. The highest BCUT2D eigenvalue weighted by Gasteiger charge is 2.26. The van der Waals surface area contributed by atoms with E-state index in [1.807, 2.05) is 10.9 Å². The lowest BCUT2D eigenvalue weighted by atomic mass is 10.1. The monoisotopic (exact) mass is 496 g/mol. The van der Waals surface area contributed by atoms with Crippen molar-refractivity contribution in [3.05, 3.63) is 54.0 Å². The minimum Gasteiger partial charge on any atom is -0.470 e. The van der Waals surface area contributed by atoms with Gasteiger partial charge in [0.2, 0.25) is 5.88 Å². The summed E-state index contributed by atoms with van der Waals surface area (Å²) in [5.74, 6) is -2.51. The summed E-state index contributed by atoms with van der Waals surface area (Å²) in [7, 11) is 1.41. The van der Waals surface area contributed by atoms with Crippen molar-refractivity contribution in [1.82, 2.24) is 29.7 Å². The maximum atomic E-state index is 14.9. The summed E-state index contributed by atoms with van der Waals surface area (Å²) in [4.78, 5) is 16.5. The number of imidazole rings is 1. The van der Waals surface area contributed by atoms with Gasteiger partial charge in [0.25, 0.3) is 5.91 Å². The molecule has 1 unspecified atom stereocenters. The molecule has 2 saturated heterocycles. The van der Waals surface area contributed by atoms with Crippen molar-refractivity contribution >= 4 is 11.6 Å². The van der Waals surface area contributed by atoms with Crippen LogP contribution in [0.1, 0.15) is 22.8 Å². The molecule has 3 aromatic heterocycles. The molecule has 1 N–H and O–H groups in total. The zero-order valence-electron chi connectivity index (χ0n) is 19.3. The molecule has 1 atom stereocenters. The number of nitrogens with zero attached hydrogens (tertiary/aromatic N) is 5. The standard InChI is InChI=1S/C24H22F2N6O4/c1-27-23(33)13-4-18(22(26)19(25)5-13)20-8-28-21-6-17(14-7-29-31(9-14)15-10-35-11-15)24(30-32(20)21)36-16-2-3-34-12-16/h4-9,15-16H,2-3,10-12H2,1H3,(H,27,33). The second-order valence-corrected chi connectivity index (χ2v) is 8.68. The van der Waals surface area contributed by atoms with Crippen molar-refractivity contribution < 1.29 is 27.8 Å². The van der Waals surface area contributed by atoms with Crippen molar-refractivity contribution in [2.45, 2.75) is 18.6 Å². The smallest absolute Gasteiger partial charge is 0.251 e. The Kier molecular flexibility index (Phi) is 5.61. The Morgan fingerprint density at radius 2 is 2.00 bits per heavy atom. The molecule has 1 amide bonds. The van der Waals surface area contributed by atoms with E-state index in [1.165, 1.54) is 23.8 Å². The summed E-state index contributed by atoms with van der Waals surface area (Å²) in [5, 5.41) is 11.5. The number of fused-ring (bicyclic) bond motifs is 1. The third-order valence-corrected chi connectivity index (χ3v) is 6.33. The molecule has 2 fully saturated rings. The van der Waals surface area contributed by atoms with E-state index in [-0.39, 0.29) is 34.8 Å². The van der Waals surface area contributed by atoms with Crippen LogP contribution in [-0.2, 0) is 9.47 Å². The van der Waals surface area contributed by atoms with Crippen molar-refractivity contribution in [1.29, 1.82) is 0 Å². The second kappa shape index (κ2) is 8.95. The van der Waals surface area contributed by atoms with Crippen LogP contribution in [0.5, 0.6) is 5.88 Å². The van der Waals surface area contributed by atoms with E-state index in [0.29, 0.717) is 44.1 Å². The lowest BCUT2D eigenvalue weighted by molar-refractivity contribution is -0.0286. The Morgan fingerprint density at radius 1 is 1.14 bits per heavy atom. The molecule has 0 radical (unpaired) electrons. The number of rotatable bonds is 6. The number of amides is 1. The van der Waals surface area contributed by atoms with Crippen LogP contribution in [0.3, 0.4) is 0 Å². The molecule has 12 heteroatoms. The van der Waals surface area contributed by atoms with Gasteiger partial charge in [-0.2, -0.15) is 5.10 Å².